The second kappa shape index (κ2) is 6.14. The second-order valence-electron chi connectivity index (χ2n) is 4.39. The number of aryl methyl sites for hydroxylation is 1. The Morgan fingerprint density at radius 2 is 2.21 bits per heavy atom. The standard InChI is InChI=1S/C12H17N3O4/c1-7-5-9(11(13)10(6-7)15(18)19)12(17)14-8(2)3-4-16/h5-6,8,16H,3-4,13H2,1-2H3,(H,14,17)/t8-/m1/s1. The molecule has 0 spiro atoms. The number of benzene rings is 1. The second-order valence-corrected chi connectivity index (χ2v) is 4.39. The number of carbonyl (C=O) groups excluding carboxylic acids is 1. The summed E-state index contributed by atoms with van der Waals surface area (Å²) < 4.78 is 0. The van der Waals surface area contributed by atoms with E-state index in [2.05, 4.69) is 5.32 Å². The summed E-state index contributed by atoms with van der Waals surface area (Å²) in [5, 5.41) is 22.2. The van der Waals surface area contributed by atoms with Crippen LogP contribution in [-0.2, 0) is 0 Å². The number of hydrogen-bond acceptors (Lipinski definition) is 5. The van der Waals surface area contributed by atoms with E-state index < -0.39 is 10.8 Å². The number of nitrogens with zero attached hydrogens (tertiary/aromatic N) is 1. The van der Waals surface area contributed by atoms with Gasteiger partial charge in [-0.2, -0.15) is 0 Å². The predicted molar refractivity (Wildman–Crippen MR) is 70.9 cm³/mol. The van der Waals surface area contributed by atoms with Crippen molar-refractivity contribution in [1.82, 2.24) is 5.32 Å². The van der Waals surface area contributed by atoms with Crippen molar-refractivity contribution in [3.8, 4) is 0 Å². The highest BCUT2D eigenvalue weighted by Crippen LogP contribution is 2.27. The largest absolute Gasteiger partial charge is 0.396 e. The fraction of sp³-hybridized carbons (Fsp3) is 0.417. The van der Waals surface area contributed by atoms with Gasteiger partial charge >= 0.3 is 0 Å². The van der Waals surface area contributed by atoms with Crippen molar-refractivity contribution in [3.63, 3.8) is 0 Å². The molecule has 0 aromatic heterocycles. The summed E-state index contributed by atoms with van der Waals surface area (Å²) in [5.74, 6) is -0.481. The van der Waals surface area contributed by atoms with Gasteiger partial charge in [0, 0.05) is 18.7 Å². The minimum atomic E-state index is -0.615. The molecule has 1 amide bonds. The van der Waals surface area contributed by atoms with Crippen molar-refractivity contribution in [2.45, 2.75) is 26.3 Å². The summed E-state index contributed by atoms with van der Waals surface area (Å²) >= 11 is 0. The number of rotatable bonds is 5. The minimum absolute atomic E-state index is 0.0507. The van der Waals surface area contributed by atoms with Gasteiger partial charge in [0.05, 0.1) is 10.5 Å². The average Bonchev–Trinajstić information content (AvgIpc) is 2.31. The quantitative estimate of drug-likeness (QED) is 0.417. The van der Waals surface area contributed by atoms with Crippen molar-refractivity contribution in [3.05, 3.63) is 33.4 Å². The first kappa shape index (κ1) is 14.9. The third-order valence-electron chi connectivity index (χ3n) is 2.68. The number of carbonyl (C=O) groups is 1. The van der Waals surface area contributed by atoms with Gasteiger partial charge in [-0.15, -0.1) is 0 Å². The normalized spacial score (nSPS) is 11.9. The Kier molecular flexibility index (Phi) is 4.82. The number of nitro groups is 1. The number of anilines is 1. The van der Waals surface area contributed by atoms with Crippen molar-refractivity contribution in [1.29, 1.82) is 0 Å². The van der Waals surface area contributed by atoms with E-state index in [4.69, 9.17) is 10.8 Å². The number of amides is 1. The third kappa shape index (κ3) is 3.65. The van der Waals surface area contributed by atoms with Crippen LogP contribution in [0.2, 0.25) is 0 Å². The summed E-state index contributed by atoms with van der Waals surface area (Å²) in [6.07, 6.45) is 0.402. The molecule has 0 aliphatic heterocycles. The highest BCUT2D eigenvalue weighted by Gasteiger charge is 2.21. The smallest absolute Gasteiger partial charge is 0.293 e. The molecule has 0 saturated heterocycles. The summed E-state index contributed by atoms with van der Waals surface area (Å²) in [5.41, 5.74) is 5.89. The fourth-order valence-corrected chi connectivity index (χ4v) is 1.68. The molecule has 0 fully saturated rings. The van der Waals surface area contributed by atoms with Crippen molar-refractivity contribution >= 4 is 17.3 Å². The van der Waals surface area contributed by atoms with Gasteiger partial charge in [-0.3, -0.25) is 14.9 Å². The van der Waals surface area contributed by atoms with Gasteiger partial charge in [-0.25, -0.2) is 0 Å². The van der Waals surface area contributed by atoms with Crippen LogP contribution in [0.25, 0.3) is 0 Å². The van der Waals surface area contributed by atoms with E-state index >= 15 is 0 Å². The lowest BCUT2D eigenvalue weighted by atomic mass is 10.1. The molecule has 104 valence electrons. The summed E-state index contributed by atoms with van der Waals surface area (Å²) in [6, 6.07) is 2.59. The number of nitrogens with one attached hydrogen (secondary N) is 1. The Morgan fingerprint density at radius 1 is 1.58 bits per heavy atom. The average molecular weight is 267 g/mol. The van der Waals surface area contributed by atoms with Gasteiger partial charge in [0.15, 0.2) is 0 Å². The van der Waals surface area contributed by atoms with Crippen LogP contribution in [-0.4, -0.2) is 28.6 Å². The molecule has 0 aliphatic rings. The molecule has 19 heavy (non-hydrogen) atoms. The molecule has 7 nitrogen and oxygen atoms in total. The maximum atomic E-state index is 12.0. The first-order valence-corrected chi connectivity index (χ1v) is 5.83. The zero-order valence-corrected chi connectivity index (χ0v) is 10.8. The predicted octanol–water partition coefficient (Wildman–Crippen LogP) is 0.986. The fourth-order valence-electron chi connectivity index (χ4n) is 1.68. The SMILES string of the molecule is Cc1cc(C(=O)N[C@H](C)CCO)c(N)c([N+](=O)[O-])c1. The van der Waals surface area contributed by atoms with Gasteiger partial charge < -0.3 is 16.2 Å². The summed E-state index contributed by atoms with van der Waals surface area (Å²) in [7, 11) is 0. The van der Waals surface area contributed by atoms with E-state index in [1.807, 2.05) is 0 Å². The number of hydrogen-bond donors (Lipinski definition) is 3. The molecule has 1 aromatic rings. The zero-order valence-electron chi connectivity index (χ0n) is 10.8. The van der Waals surface area contributed by atoms with Crippen LogP contribution >= 0.6 is 0 Å². The molecule has 0 radical (unpaired) electrons. The highest BCUT2D eigenvalue weighted by atomic mass is 16.6. The van der Waals surface area contributed by atoms with E-state index in [1.165, 1.54) is 12.1 Å². The number of nitro benzene ring substituents is 1. The molecular weight excluding hydrogens is 250 g/mol. The molecule has 0 unspecified atom stereocenters. The molecule has 0 heterocycles. The lowest BCUT2D eigenvalue weighted by molar-refractivity contribution is -0.384. The molecule has 0 saturated carbocycles. The van der Waals surface area contributed by atoms with Crippen LogP contribution in [0.1, 0.15) is 29.3 Å². The number of aliphatic hydroxyl groups is 1. The van der Waals surface area contributed by atoms with Crippen molar-refractivity contribution < 1.29 is 14.8 Å². The molecule has 0 aliphatic carbocycles. The van der Waals surface area contributed by atoms with Crippen molar-refractivity contribution in [2.75, 3.05) is 12.3 Å². The number of nitrogen functional groups attached to an aromatic ring is 1. The molecule has 4 N–H and O–H groups in total. The monoisotopic (exact) mass is 267 g/mol. The van der Waals surface area contributed by atoms with E-state index in [1.54, 1.807) is 13.8 Å². The van der Waals surface area contributed by atoms with Crippen LogP contribution in [0.4, 0.5) is 11.4 Å². The van der Waals surface area contributed by atoms with Gasteiger partial charge in [0.1, 0.15) is 5.69 Å². The Bertz CT molecular complexity index is 502. The third-order valence-corrected chi connectivity index (χ3v) is 2.68. The zero-order chi connectivity index (χ0) is 14.6. The Labute approximate surface area is 110 Å². The molecular formula is C12H17N3O4. The number of aliphatic hydroxyl groups excluding tert-OH is 1. The first-order chi connectivity index (χ1) is 8.86. The lowest BCUT2D eigenvalue weighted by Gasteiger charge is -2.14. The van der Waals surface area contributed by atoms with Crippen LogP contribution in [0.15, 0.2) is 12.1 Å². The van der Waals surface area contributed by atoms with Crippen LogP contribution in [0, 0.1) is 17.0 Å². The van der Waals surface area contributed by atoms with Gasteiger partial charge in [-0.1, -0.05) is 0 Å². The van der Waals surface area contributed by atoms with Crippen molar-refractivity contribution in [2.24, 2.45) is 0 Å². The summed E-state index contributed by atoms with van der Waals surface area (Å²) in [6.45, 7) is 3.33. The Balaban J connectivity index is 3.06. The topological polar surface area (TPSA) is 118 Å². The van der Waals surface area contributed by atoms with Crippen LogP contribution < -0.4 is 11.1 Å². The molecule has 1 atom stereocenters. The van der Waals surface area contributed by atoms with Crippen LogP contribution in [0.3, 0.4) is 0 Å². The maximum Gasteiger partial charge on any atom is 0.293 e. The summed E-state index contributed by atoms with van der Waals surface area (Å²) in [4.78, 5) is 22.2. The Morgan fingerprint density at radius 3 is 2.74 bits per heavy atom. The molecule has 1 rings (SSSR count). The number of nitrogens with two attached hydrogens (primary N) is 1. The lowest BCUT2D eigenvalue weighted by Crippen LogP contribution is -2.33. The van der Waals surface area contributed by atoms with Gasteiger partial charge in [0.2, 0.25) is 0 Å². The maximum absolute atomic E-state index is 12.0. The minimum Gasteiger partial charge on any atom is -0.396 e. The van der Waals surface area contributed by atoms with E-state index in [-0.39, 0.29) is 29.6 Å². The first-order valence-electron chi connectivity index (χ1n) is 5.83. The van der Waals surface area contributed by atoms with E-state index in [9.17, 15) is 14.9 Å². The van der Waals surface area contributed by atoms with Gasteiger partial charge in [-0.05, 0) is 31.9 Å². The Hall–Kier alpha value is -2.15. The highest BCUT2D eigenvalue weighted by molar-refractivity contribution is 6.01. The van der Waals surface area contributed by atoms with E-state index in [0.29, 0.717) is 12.0 Å². The molecule has 1 aromatic carbocycles. The van der Waals surface area contributed by atoms with E-state index in [0.717, 1.165) is 0 Å². The van der Waals surface area contributed by atoms with Gasteiger partial charge in [0.25, 0.3) is 11.6 Å². The van der Waals surface area contributed by atoms with Crippen LogP contribution in [0.5, 0.6) is 0 Å². The molecule has 7 heteroatoms. The molecule has 0 bridgehead atoms.